The first-order valence-electron chi connectivity index (χ1n) is 11.8. The fourth-order valence-corrected chi connectivity index (χ4v) is 4.91. The molecule has 2 aliphatic rings. The molecule has 3 heterocycles. The van der Waals surface area contributed by atoms with Gasteiger partial charge in [-0.1, -0.05) is 12.5 Å². The highest BCUT2D eigenvalue weighted by atomic mass is 16.5. The molecule has 0 unspecified atom stereocenters. The minimum Gasteiger partial charge on any atom is -0.492 e. The molecule has 1 saturated heterocycles. The fraction of sp³-hybridized carbons (Fsp3) is 0.538. The van der Waals surface area contributed by atoms with E-state index in [1.165, 1.54) is 11.1 Å². The first kappa shape index (κ1) is 22.7. The monoisotopic (exact) mass is 437 g/mol. The number of methoxy groups -OCH3 is 1. The molecule has 1 aromatic carbocycles. The SMILES string of the molecule is CO[C@@H]1CCN2C[C@@H]1CCCCN(Cc1ccncc1C)CCOc1cccc(c1)C2=O. The third-order valence-electron chi connectivity index (χ3n) is 6.84. The molecule has 2 aliphatic heterocycles. The number of ether oxygens (including phenoxy) is 2. The molecule has 4 rings (SSSR count). The first-order valence-corrected chi connectivity index (χ1v) is 11.8. The highest BCUT2D eigenvalue weighted by Crippen LogP contribution is 2.27. The van der Waals surface area contributed by atoms with Crippen molar-refractivity contribution in [1.29, 1.82) is 0 Å². The fourth-order valence-electron chi connectivity index (χ4n) is 4.91. The number of amides is 1. The smallest absolute Gasteiger partial charge is 0.254 e. The number of rotatable bonds is 3. The zero-order valence-corrected chi connectivity index (χ0v) is 19.3. The summed E-state index contributed by atoms with van der Waals surface area (Å²) in [6.07, 6.45) is 8.28. The predicted molar refractivity (Wildman–Crippen MR) is 125 cm³/mol. The minimum absolute atomic E-state index is 0.0969. The number of aromatic nitrogens is 1. The molecule has 0 aliphatic carbocycles. The average molecular weight is 438 g/mol. The van der Waals surface area contributed by atoms with Crippen molar-refractivity contribution in [2.45, 2.75) is 45.3 Å². The van der Waals surface area contributed by atoms with Crippen LogP contribution < -0.4 is 4.74 Å². The van der Waals surface area contributed by atoms with E-state index in [1.807, 2.05) is 41.6 Å². The molecule has 6 heteroatoms. The van der Waals surface area contributed by atoms with Gasteiger partial charge in [-0.25, -0.2) is 0 Å². The number of hydrogen-bond acceptors (Lipinski definition) is 5. The average Bonchev–Trinajstić information content (AvgIpc) is 2.82. The van der Waals surface area contributed by atoms with Crippen LogP contribution in [-0.2, 0) is 11.3 Å². The Morgan fingerprint density at radius 1 is 1.16 bits per heavy atom. The summed E-state index contributed by atoms with van der Waals surface area (Å²) in [5.41, 5.74) is 3.24. The van der Waals surface area contributed by atoms with Gasteiger partial charge in [0.15, 0.2) is 0 Å². The molecule has 172 valence electrons. The predicted octanol–water partition coefficient (Wildman–Crippen LogP) is 3.93. The van der Waals surface area contributed by atoms with Crippen LogP contribution in [0.25, 0.3) is 0 Å². The molecule has 1 aromatic heterocycles. The van der Waals surface area contributed by atoms with E-state index in [9.17, 15) is 4.79 Å². The zero-order chi connectivity index (χ0) is 22.3. The van der Waals surface area contributed by atoms with Crippen LogP contribution in [0, 0.1) is 12.8 Å². The van der Waals surface area contributed by atoms with Gasteiger partial charge >= 0.3 is 0 Å². The van der Waals surface area contributed by atoms with Gasteiger partial charge in [0.1, 0.15) is 12.4 Å². The lowest BCUT2D eigenvalue weighted by Crippen LogP contribution is -2.46. The summed E-state index contributed by atoms with van der Waals surface area (Å²) < 4.78 is 11.8. The van der Waals surface area contributed by atoms with E-state index in [0.29, 0.717) is 18.1 Å². The Morgan fingerprint density at radius 2 is 2.06 bits per heavy atom. The number of carbonyl (C=O) groups excluding carboxylic acids is 1. The molecule has 1 fully saturated rings. The van der Waals surface area contributed by atoms with E-state index in [4.69, 9.17) is 9.47 Å². The van der Waals surface area contributed by atoms with Crippen molar-refractivity contribution >= 4 is 5.91 Å². The summed E-state index contributed by atoms with van der Waals surface area (Å²) in [5, 5.41) is 0. The summed E-state index contributed by atoms with van der Waals surface area (Å²) in [4.78, 5) is 21.9. The van der Waals surface area contributed by atoms with Crippen LogP contribution in [0.1, 0.15) is 47.2 Å². The minimum atomic E-state index is 0.0969. The van der Waals surface area contributed by atoms with E-state index in [2.05, 4.69) is 22.9 Å². The molecule has 0 radical (unpaired) electrons. The summed E-state index contributed by atoms with van der Waals surface area (Å²) in [7, 11) is 1.80. The number of hydrogen-bond donors (Lipinski definition) is 0. The van der Waals surface area contributed by atoms with Gasteiger partial charge in [-0.15, -0.1) is 0 Å². The Bertz CT molecular complexity index is 903. The van der Waals surface area contributed by atoms with E-state index in [-0.39, 0.29) is 12.0 Å². The Morgan fingerprint density at radius 3 is 2.91 bits per heavy atom. The number of benzene rings is 1. The maximum Gasteiger partial charge on any atom is 0.254 e. The number of nitrogens with zero attached hydrogens (tertiary/aromatic N) is 3. The third-order valence-corrected chi connectivity index (χ3v) is 6.84. The van der Waals surface area contributed by atoms with Gasteiger partial charge in [0, 0.05) is 57.2 Å². The Labute approximate surface area is 191 Å². The van der Waals surface area contributed by atoms with Crippen molar-refractivity contribution in [3.63, 3.8) is 0 Å². The second-order valence-electron chi connectivity index (χ2n) is 9.02. The van der Waals surface area contributed by atoms with Crippen molar-refractivity contribution in [3.05, 3.63) is 59.4 Å². The zero-order valence-electron chi connectivity index (χ0n) is 19.3. The van der Waals surface area contributed by atoms with E-state index < -0.39 is 0 Å². The van der Waals surface area contributed by atoms with Gasteiger partial charge < -0.3 is 14.4 Å². The lowest BCUT2D eigenvalue weighted by atomic mass is 9.89. The van der Waals surface area contributed by atoms with E-state index in [1.54, 1.807) is 7.11 Å². The van der Waals surface area contributed by atoms with Gasteiger partial charge in [-0.3, -0.25) is 14.7 Å². The lowest BCUT2D eigenvalue weighted by molar-refractivity contribution is -0.00676. The van der Waals surface area contributed by atoms with Crippen molar-refractivity contribution in [1.82, 2.24) is 14.8 Å². The summed E-state index contributed by atoms with van der Waals surface area (Å²) in [6, 6.07) is 9.74. The number of aryl methyl sites for hydroxylation is 1. The van der Waals surface area contributed by atoms with Gasteiger partial charge in [0.2, 0.25) is 0 Å². The van der Waals surface area contributed by atoms with Crippen LogP contribution in [0.3, 0.4) is 0 Å². The van der Waals surface area contributed by atoms with E-state index >= 15 is 0 Å². The third kappa shape index (κ3) is 5.67. The van der Waals surface area contributed by atoms with Gasteiger partial charge in [0.25, 0.3) is 5.91 Å². The molecule has 2 atom stereocenters. The Kier molecular flexibility index (Phi) is 7.76. The number of piperidine rings is 1. The number of pyridine rings is 1. The second-order valence-corrected chi connectivity index (χ2v) is 9.02. The number of fused-ring (bicyclic) bond motifs is 4. The van der Waals surface area contributed by atoms with Crippen LogP contribution in [-0.4, -0.2) is 66.7 Å². The molecule has 6 nitrogen and oxygen atoms in total. The van der Waals surface area contributed by atoms with Crippen LogP contribution in [0.2, 0.25) is 0 Å². The van der Waals surface area contributed by atoms with Crippen LogP contribution in [0.4, 0.5) is 0 Å². The largest absolute Gasteiger partial charge is 0.492 e. The van der Waals surface area contributed by atoms with Crippen molar-refractivity contribution in [2.24, 2.45) is 5.92 Å². The summed E-state index contributed by atoms with van der Waals surface area (Å²) >= 11 is 0. The lowest BCUT2D eigenvalue weighted by Gasteiger charge is -2.38. The molecule has 0 N–H and O–H groups in total. The number of carbonyl (C=O) groups is 1. The van der Waals surface area contributed by atoms with Crippen LogP contribution in [0.5, 0.6) is 5.75 Å². The highest BCUT2D eigenvalue weighted by molar-refractivity contribution is 5.94. The second kappa shape index (κ2) is 10.9. The Hall–Kier alpha value is -2.44. The molecule has 0 spiro atoms. The highest BCUT2D eigenvalue weighted by Gasteiger charge is 2.31. The quantitative estimate of drug-likeness (QED) is 0.728. The molecule has 0 saturated carbocycles. The standard InChI is InChI=1S/C26H35N3O3/c1-20-17-27-11-9-22(20)18-28-12-4-3-6-23-19-29(13-10-25(23)31-2)26(30)21-7-5-8-24(16-21)32-15-14-28/h5,7-9,11,16-17,23,25H,3-4,6,10,12-15,18-19H2,1-2H3/t23-,25+/m0/s1. The van der Waals surface area contributed by atoms with Crippen molar-refractivity contribution < 1.29 is 14.3 Å². The summed E-state index contributed by atoms with van der Waals surface area (Å²) in [6.45, 7) is 7.00. The van der Waals surface area contributed by atoms with Crippen molar-refractivity contribution in [2.75, 3.05) is 39.9 Å². The topological polar surface area (TPSA) is 54.9 Å². The molecule has 32 heavy (non-hydrogen) atoms. The maximum atomic E-state index is 13.2. The molecule has 1 amide bonds. The Balaban J connectivity index is 1.51. The van der Waals surface area contributed by atoms with E-state index in [0.717, 1.165) is 64.2 Å². The normalized spacial score (nSPS) is 23.2. The molecule has 2 aromatic rings. The maximum absolute atomic E-state index is 13.2. The van der Waals surface area contributed by atoms with Crippen LogP contribution >= 0.6 is 0 Å². The first-order chi connectivity index (χ1) is 15.6. The summed E-state index contributed by atoms with van der Waals surface area (Å²) in [5.74, 6) is 1.24. The van der Waals surface area contributed by atoms with Crippen LogP contribution in [0.15, 0.2) is 42.7 Å². The van der Waals surface area contributed by atoms with Crippen molar-refractivity contribution in [3.8, 4) is 5.75 Å². The van der Waals surface area contributed by atoms with Gasteiger partial charge in [-0.2, -0.15) is 0 Å². The van der Waals surface area contributed by atoms with Gasteiger partial charge in [-0.05, 0) is 68.1 Å². The van der Waals surface area contributed by atoms with Gasteiger partial charge in [0.05, 0.1) is 6.10 Å². The molecule has 4 bridgehead atoms. The molecular formula is C26H35N3O3. The molecular weight excluding hydrogens is 402 g/mol.